The summed E-state index contributed by atoms with van der Waals surface area (Å²) in [6.07, 6.45) is 4.35. The van der Waals surface area contributed by atoms with Crippen molar-refractivity contribution in [1.82, 2.24) is 19.8 Å². The van der Waals surface area contributed by atoms with Gasteiger partial charge < -0.3 is 19.4 Å². The summed E-state index contributed by atoms with van der Waals surface area (Å²) < 4.78 is 20.2. The highest BCUT2D eigenvalue weighted by Crippen LogP contribution is 2.38. The fraction of sp³-hybridized carbons (Fsp3) is 0.471. The van der Waals surface area contributed by atoms with Gasteiger partial charge in [0.2, 0.25) is 0 Å². The van der Waals surface area contributed by atoms with Crippen molar-refractivity contribution in [3.05, 3.63) is 65.1 Å². The summed E-state index contributed by atoms with van der Waals surface area (Å²) >= 11 is 6.71. The van der Waals surface area contributed by atoms with E-state index in [0.29, 0.717) is 55.7 Å². The molecule has 7 rings (SSSR count). The van der Waals surface area contributed by atoms with Crippen LogP contribution in [0.5, 0.6) is 6.01 Å². The maximum absolute atomic E-state index is 13.8. The number of carbonyl (C=O) groups is 1. The van der Waals surface area contributed by atoms with Crippen molar-refractivity contribution in [1.29, 1.82) is 5.26 Å². The lowest BCUT2D eigenvalue weighted by Gasteiger charge is -2.42. The highest BCUT2D eigenvalue weighted by molar-refractivity contribution is 6.36. The number of ether oxygens (including phenoxy) is 1. The molecule has 4 aliphatic rings. The fourth-order valence-corrected chi connectivity index (χ4v) is 8.05. The summed E-state index contributed by atoms with van der Waals surface area (Å²) in [6.45, 7) is 8.43. The van der Waals surface area contributed by atoms with Crippen LogP contribution in [-0.4, -0.2) is 83.6 Å². The standard InChI is InChI=1S/C34H37ClFN7O2/c1-22(36)33(44)43-18-17-42(19-25(43)10-13-37)32-26-12-16-41(30-8-3-6-23-5-2-7-27(35)31(23)30)20-28(26)38-34(39-32)45-21-24-11-15-40-14-4-9-29(24)40/h2-3,5-8,24-25,29H,1,4,9-12,14-21H2/t24?,25-,29?/m0/s1. The highest BCUT2D eigenvalue weighted by Gasteiger charge is 2.38. The second kappa shape index (κ2) is 12.5. The van der Waals surface area contributed by atoms with Crippen molar-refractivity contribution in [2.24, 2.45) is 5.92 Å². The molecule has 0 N–H and O–H groups in total. The Hall–Kier alpha value is -3.94. The van der Waals surface area contributed by atoms with E-state index in [2.05, 4.69) is 51.6 Å². The molecule has 3 fully saturated rings. The Morgan fingerprint density at radius 2 is 1.93 bits per heavy atom. The van der Waals surface area contributed by atoms with E-state index < -0.39 is 17.8 Å². The fourth-order valence-electron chi connectivity index (χ4n) is 7.77. The largest absolute Gasteiger partial charge is 0.463 e. The molecule has 3 saturated heterocycles. The van der Waals surface area contributed by atoms with Crippen LogP contribution in [0.3, 0.4) is 0 Å². The van der Waals surface area contributed by atoms with Crippen LogP contribution in [0.4, 0.5) is 15.9 Å². The van der Waals surface area contributed by atoms with E-state index in [1.807, 2.05) is 12.1 Å². The van der Waals surface area contributed by atoms with Gasteiger partial charge >= 0.3 is 6.01 Å². The quantitative estimate of drug-likeness (QED) is 0.333. The van der Waals surface area contributed by atoms with Gasteiger partial charge in [-0.3, -0.25) is 9.69 Å². The molecule has 11 heteroatoms. The van der Waals surface area contributed by atoms with Crippen molar-refractivity contribution in [2.45, 2.75) is 50.7 Å². The lowest BCUT2D eigenvalue weighted by molar-refractivity contribution is -0.131. The van der Waals surface area contributed by atoms with Crippen LogP contribution in [0.15, 0.2) is 48.8 Å². The SMILES string of the molecule is C=C(F)C(=O)N1CCN(c2nc(OCC3CCN4CCCC34)nc3c2CCN(c2cccc4cccc(Cl)c24)C3)C[C@@H]1CC#N. The number of nitrogens with zero attached hydrogens (tertiary/aromatic N) is 7. The molecule has 0 spiro atoms. The summed E-state index contributed by atoms with van der Waals surface area (Å²) in [5, 5.41) is 12.4. The lowest BCUT2D eigenvalue weighted by atomic mass is 9.99. The first-order chi connectivity index (χ1) is 21.9. The van der Waals surface area contributed by atoms with Gasteiger partial charge in [-0.05, 0) is 56.3 Å². The Balaban J connectivity index is 1.21. The monoisotopic (exact) mass is 629 g/mol. The lowest BCUT2D eigenvalue weighted by Crippen LogP contribution is -2.55. The molecule has 0 aliphatic carbocycles. The van der Waals surface area contributed by atoms with Gasteiger partial charge in [0.05, 0.1) is 42.4 Å². The average Bonchev–Trinajstić information content (AvgIpc) is 3.67. The van der Waals surface area contributed by atoms with Crippen molar-refractivity contribution in [3.63, 3.8) is 0 Å². The van der Waals surface area contributed by atoms with Crippen LogP contribution in [0.2, 0.25) is 5.02 Å². The average molecular weight is 630 g/mol. The Bertz CT molecular complexity index is 1670. The molecule has 3 aromatic rings. The van der Waals surface area contributed by atoms with Gasteiger partial charge in [-0.15, -0.1) is 0 Å². The molecule has 0 saturated carbocycles. The number of nitriles is 1. The van der Waals surface area contributed by atoms with Gasteiger partial charge in [0.25, 0.3) is 5.91 Å². The molecule has 9 nitrogen and oxygen atoms in total. The zero-order chi connectivity index (χ0) is 31.1. The number of hydrogen-bond donors (Lipinski definition) is 0. The molecule has 234 valence electrons. The van der Waals surface area contributed by atoms with Crippen LogP contribution >= 0.6 is 11.6 Å². The van der Waals surface area contributed by atoms with E-state index in [1.54, 1.807) is 0 Å². The number of carbonyl (C=O) groups excluding carboxylic acids is 1. The number of piperazine rings is 1. The van der Waals surface area contributed by atoms with Crippen LogP contribution in [0.25, 0.3) is 10.8 Å². The Morgan fingerprint density at radius 3 is 2.76 bits per heavy atom. The van der Waals surface area contributed by atoms with E-state index >= 15 is 0 Å². The molecule has 4 aliphatic heterocycles. The smallest absolute Gasteiger partial charge is 0.318 e. The van der Waals surface area contributed by atoms with E-state index in [4.69, 9.17) is 26.3 Å². The first-order valence-corrected chi connectivity index (χ1v) is 16.2. The highest BCUT2D eigenvalue weighted by atomic mass is 35.5. The summed E-state index contributed by atoms with van der Waals surface area (Å²) in [5.41, 5.74) is 3.00. The second-order valence-electron chi connectivity index (χ2n) is 12.5. The minimum Gasteiger partial charge on any atom is -0.463 e. The summed E-state index contributed by atoms with van der Waals surface area (Å²) in [5.74, 6) is -0.546. The Labute approximate surface area is 267 Å². The van der Waals surface area contributed by atoms with Gasteiger partial charge in [-0.1, -0.05) is 42.4 Å². The number of fused-ring (bicyclic) bond motifs is 3. The molecule has 5 heterocycles. The predicted octanol–water partition coefficient (Wildman–Crippen LogP) is 5.12. The van der Waals surface area contributed by atoms with Crippen molar-refractivity contribution in [2.75, 3.05) is 55.7 Å². The van der Waals surface area contributed by atoms with Crippen LogP contribution in [0, 0.1) is 17.2 Å². The molecule has 0 radical (unpaired) electrons. The van der Waals surface area contributed by atoms with Gasteiger partial charge in [-0.2, -0.15) is 15.2 Å². The zero-order valence-electron chi connectivity index (χ0n) is 25.3. The molecule has 1 aromatic heterocycles. The summed E-state index contributed by atoms with van der Waals surface area (Å²) in [7, 11) is 0. The number of anilines is 2. The molecular formula is C34H37ClFN7O2. The maximum atomic E-state index is 13.8. The number of rotatable bonds is 7. The van der Waals surface area contributed by atoms with Crippen LogP contribution < -0.4 is 14.5 Å². The maximum Gasteiger partial charge on any atom is 0.318 e. The van der Waals surface area contributed by atoms with Gasteiger partial charge in [0.15, 0.2) is 5.83 Å². The third-order valence-electron chi connectivity index (χ3n) is 9.97. The predicted molar refractivity (Wildman–Crippen MR) is 172 cm³/mol. The first-order valence-electron chi connectivity index (χ1n) is 15.9. The minimum absolute atomic E-state index is 0.0847. The molecule has 2 aromatic carbocycles. The minimum atomic E-state index is -1.01. The molecule has 45 heavy (non-hydrogen) atoms. The number of hydrogen-bond acceptors (Lipinski definition) is 8. The van der Waals surface area contributed by atoms with Crippen molar-refractivity contribution in [3.8, 4) is 12.1 Å². The molecule has 0 bridgehead atoms. The molecular weight excluding hydrogens is 593 g/mol. The first kappa shape index (κ1) is 29.8. The van der Waals surface area contributed by atoms with E-state index in [1.165, 1.54) is 24.3 Å². The number of amides is 1. The van der Waals surface area contributed by atoms with Crippen LogP contribution in [0.1, 0.15) is 36.9 Å². The Kier molecular flexibility index (Phi) is 8.23. The van der Waals surface area contributed by atoms with Gasteiger partial charge in [0, 0.05) is 54.8 Å². The van der Waals surface area contributed by atoms with Crippen molar-refractivity contribution >= 4 is 39.8 Å². The topological polar surface area (TPSA) is 88.8 Å². The summed E-state index contributed by atoms with van der Waals surface area (Å²) in [4.78, 5) is 30.9. The van der Waals surface area contributed by atoms with Gasteiger partial charge in [0.1, 0.15) is 5.82 Å². The Morgan fingerprint density at radius 1 is 1.09 bits per heavy atom. The number of aromatic nitrogens is 2. The molecule has 3 atom stereocenters. The van der Waals surface area contributed by atoms with Gasteiger partial charge in [-0.25, -0.2) is 4.39 Å². The van der Waals surface area contributed by atoms with E-state index in [9.17, 15) is 14.4 Å². The van der Waals surface area contributed by atoms with Crippen molar-refractivity contribution < 1.29 is 13.9 Å². The molecule has 1 amide bonds. The number of halogens is 2. The third-order valence-corrected chi connectivity index (χ3v) is 10.3. The zero-order valence-corrected chi connectivity index (χ0v) is 26.1. The molecule has 2 unspecified atom stereocenters. The number of benzene rings is 2. The summed E-state index contributed by atoms with van der Waals surface area (Å²) in [6, 6.07) is 14.8. The van der Waals surface area contributed by atoms with E-state index in [0.717, 1.165) is 53.0 Å². The third kappa shape index (κ3) is 5.68. The van der Waals surface area contributed by atoms with E-state index in [-0.39, 0.29) is 13.0 Å². The second-order valence-corrected chi connectivity index (χ2v) is 12.9. The normalized spacial score (nSPS) is 23.1. The van der Waals surface area contributed by atoms with Crippen LogP contribution in [-0.2, 0) is 17.8 Å².